The van der Waals surface area contributed by atoms with Crippen molar-refractivity contribution in [3.63, 3.8) is 0 Å². The number of hydrogen-bond acceptors (Lipinski definition) is 3. The van der Waals surface area contributed by atoms with E-state index in [-0.39, 0.29) is 6.61 Å². The van der Waals surface area contributed by atoms with Crippen LogP contribution in [-0.2, 0) is 4.74 Å². The van der Waals surface area contributed by atoms with Gasteiger partial charge in [0.1, 0.15) is 0 Å². The fraction of sp³-hybridized carbons (Fsp3) is 1.00. The summed E-state index contributed by atoms with van der Waals surface area (Å²) in [6, 6.07) is 0. The molecule has 1 saturated heterocycles. The molecule has 0 aromatic rings. The summed E-state index contributed by atoms with van der Waals surface area (Å²) < 4.78 is 5.20. The van der Waals surface area contributed by atoms with Crippen LogP contribution in [-0.4, -0.2) is 29.5 Å². The molecule has 1 rings (SSSR count). The second kappa shape index (κ2) is 3.33. The van der Waals surface area contributed by atoms with Gasteiger partial charge >= 0.3 is 0 Å². The van der Waals surface area contributed by atoms with Crippen LogP contribution in [0.3, 0.4) is 0 Å². The average molecular weight is 134 g/mol. The molecule has 1 aliphatic rings. The standard InChI is InChI=1S/C5H10O2S/c6-2-1-5-3-8-4-7-5/h5-6H,1-4H2. The van der Waals surface area contributed by atoms with Crippen molar-refractivity contribution in [3.05, 3.63) is 0 Å². The minimum atomic E-state index is 0.255. The van der Waals surface area contributed by atoms with Crippen molar-refractivity contribution in [2.45, 2.75) is 12.5 Å². The Bertz CT molecular complexity index is 61.4. The summed E-state index contributed by atoms with van der Waals surface area (Å²) in [5.41, 5.74) is 0. The highest BCUT2D eigenvalue weighted by Crippen LogP contribution is 2.17. The number of hydrogen-bond donors (Lipinski definition) is 1. The molecule has 1 unspecified atom stereocenters. The lowest BCUT2D eigenvalue weighted by Gasteiger charge is -2.02. The first-order valence-electron chi connectivity index (χ1n) is 2.73. The molecule has 8 heavy (non-hydrogen) atoms. The first kappa shape index (κ1) is 6.39. The van der Waals surface area contributed by atoms with Crippen LogP contribution in [0.15, 0.2) is 0 Å². The maximum Gasteiger partial charge on any atom is 0.0926 e. The number of ether oxygens (including phenoxy) is 1. The predicted octanol–water partition coefficient (Wildman–Crippen LogP) is 0.458. The fourth-order valence-corrected chi connectivity index (χ4v) is 1.59. The monoisotopic (exact) mass is 134 g/mol. The molecular weight excluding hydrogens is 124 g/mol. The summed E-state index contributed by atoms with van der Waals surface area (Å²) in [6.45, 7) is 0.255. The van der Waals surface area contributed by atoms with Gasteiger partial charge in [0.05, 0.1) is 12.0 Å². The Labute approximate surface area is 53.2 Å². The van der Waals surface area contributed by atoms with E-state index in [1.165, 1.54) is 0 Å². The SMILES string of the molecule is OCCC1CSCO1. The smallest absolute Gasteiger partial charge is 0.0926 e. The molecule has 1 aliphatic heterocycles. The molecule has 3 heteroatoms. The summed E-state index contributed by atoms with van der Waals surface area (Å²) >= 11 is 1.79. The van der Waals surface area contributed by atoms with E-state index in [4.69, 9.17) is 9.84 Å². The van der Waals surface area contributed by atoms with Gasteiger partial charge in [0.2, 0.25) is 0 Å². The number of aliphatic hydroxyl groups is 1. The van der Waals surface area contributed by atoms with Crippen LogP contribution < -0.4 is 0 Å². The molecular formula is C5H10O2S. The van der Waals surface area contributed by atoms with Gasteiger partial charge in [-0.1, -0.05) is 0 Å². The van der Waals surface area contributed by atoms with Gasteiger partial charge in [-0.3, -0.25) is 0 Å². The highest BCUT2D eigenvalue weighted by Gasteiger charge is 2.13. The molecule has 1 fully saturated rings. The van der Waals surface area contributed by atoms with Crippen LogP contribution in [0, 0.1) is 0 Å². The van der Waals surface area contributed by atoms with E-state index in [1.54, 1.807) is 11.8 Å². The summed E-state index contributed by atoms with van der Waals surface area (Å²) in [5.74, 6) is 1.87. The molecule has 0 radical (unpaired) electrons. The number of rotatable bonds is 2. The first-order valence-corrected chi connectivity index (χ1v) is 3.89. The van der Waals surface area contributed by atoms with Crippen molar-refractivity contribution < 1.29 is 9.84 Å². The van der Waals surface area contributed by atoms with Crippen molar-refractivity contribution in [2.24, 2.45) is 0 Å². The van der Waals surface area contributed by atoms with Gasteiger partial charge < -0.3 is 9.84 Å². The van der Waals surface area contributed by atoms with Crippen molar-refractivity contribution in [3.8, 4) is 0 Å². The molecule has 0 spiro atoms. The van der Waals surface area contributed by atoms with Crippen LogP contribution in [0.1, 0.15) is 6.42 Å². The van der Waals surface area contributed by atoms with Gasteiger partial charge in [0.15, 0.2) is 0 Å². The summed E-state index contributed by atoms with van der Waals surface area (Å²) in [6.07, 6.45) is 1.12. The molecule has 0 aromatic heterocycles. The molecule has 0 bridgehead atoms. The van der Waals surface area contributed by atoms with E-state index in [1.807, 2.05) is 0 Å². The Hall–Kier alpha value is 0.270. The minimum absolute atomic E-state index is 0.255. The van der Waals surface area contributed by atoms with Crippen LogP contribution in [0.5, 0.6) is 0 Å². The topological polar surface area (TPSA) is 29.5 Å². The quantitative estimate of drug-likeness (QED) is 0.595. The van der Waals surface area contributed by atoms with E-state index in [0.717, 1.165) is 18.1 Å². The molecule has 0 aliphatic carbocycles. The highest BCUT2D eigenvalue weighted by atomic mass is 32.2. The molecule has 0 amide bonds. The largest absolute Gasteiger partial charge is 0.396 e. The van der Waals surface area contributed by atoms with Crippen molar-refractivity contribution >= 4 is 11.8 Å². The van der Waals surface area contributed by atoms with Gasteiger partial charge in [-0.15, -0.1) is 11.8 Å². The zero-order valence-corrected chi connectivity index (χ0v) is 5.49. The van der Waals surface area contributed by atoms with E-state index in [2.05, 4.69) is 0 Å². The Morgan fingerprint density at radius 2 is 2.62 bits per heavy atom. The van der Waals surface area contributed by atoms with E-state index >= 15 is 0 Å². The Morgan fingerprint density at radius 3 is 3.12 bits per heavy atom. The normalized spacial score (nSPS) is 28.9. The Kier molecular flexibility index (Phi) is 2.66. The average Bonchev–Trinajstić information content (AvgIpc) is 2.19. The summed E-state index contributed by atoms with van der Waals surface area (Å²) in [7, 11) is 0. The summed E-state index contributed by atoms with van der Waals surface area (Å²) in [4.78, 5) is 0. The minimum Gasteiger partial charge on any atom is -0.396 e. The third kappa shape index (κ3) is 1.65. The van der Waals surface area contributed by atoms with Crippen LogP contribution in [0.4, 0.5) is 0 Å². The van der Waals surface area contributed by atoms with Crippen molar-refractivity contribution in [1.29, 1.82) is 0 Å². The maximum atomic E-state index is 8.44. The molecule has 0 saturated carbocycles. The highest BCUT2D eigenvalue weighted by molar-refractivity contribution is 7.99. The molecule has 2 nitrogen and oxygen atoms in total. The van der Waals surface area contributed by atoms with Crippen LogP contribution in [0.25, 0.3) is 0 Å². The molecule has 48 valence electrons. The zero-order chi connectivity index (χ0) is 5.82. The van der Waals surface area contributed by atoms with Gasteiger partial charge in [-0.25, -0.2) is 0 Å². The zero-order valence-electron chi connectivity index (χ0n) is 4.67. The van der Waals surface area contributed by atoms with E-state index < -0.39 is 0 Å². The summed E-state index contributed by atoms with van der Waals surface area (Å²) in [5, 5.41) is 8.44. The Morgan fingerprint density at radius 1 is 1.75 bits per heavy atom. The maximum absolute atomic E-state index is 8.44. The molecule has 1 heterocycles. The van der Waals surface area contributed by atoms with Gasteiger partial charge in [0.25, 0.3) is 0 Å². The van der Waals surface area contributed by atoms with Gasteiger partial charge in [-0.05, 0) is 6.42 Å². The molecule has 0 aromatic carbocycles. The van der Waals surface area contributed by atoms with Crippen molar-refractivity contribution in [2.75, 3.05) is 18.3 Å². The lowest BCUT2D eigenvalue weighted by molar-refractivity contribution is 0.0975. The van der Waals surface area contributed by atoms with Crippen LogP contribution in [0.2, 0.25) is 0 Å². The molecule has 1 atom stereocenters. The predicted molar refractivity (Wildman–Crippen MR) is 33.9 cm³/mol. The lowest BCUT2D eigenvalue weighted by atomic mass is 10.3. The van der Waals surface area contributed by atoms with E-state index in [9.17, 15) is 0 Å². The second-order valence-electron chi connectivity index (χ2n) is 1.79. The second-order valence-corrected chi connectivity index (χ2v) is 2.77. The van der Waals surface area contributed by atoms with Gasteiger partial charge in [0, 0.05) is 12.4 Å². The third-order valence-corrected chi connectivity index (χ3v) is 2.05. The number of thioether (sulfide) groups is 1. The van der Waals surface area contributed by atoms with Crippen LogP contribution >= 0.6 is 11.8 Å². The fourth-order valence-electron chi connectivity index (χ4n) is 0.683. The Balaban J connectivity index is 2.06. The first-order chi connectivity index (χ1) is 3.93. The van der Waals surface area contributed by atoms with E-state index in [0.29, 0.717) is 6.10 Å². The number of aliphatic hydroxyl groups excluding tert-OH is 1. The third-order valence-electron chi connectivity index (χ3n) is 1.14. The molecule has 1 N–H and O–H groups in total. The van der Waals surface area contributed by atoms with Crippen molar-refractivity contribution in [1.82, 2.24) is 0 Å². The van der Waals surface area contributed by atoms with Gasteiger partial charge in [-0.2, -0.15) is 0 Å². The lowest BCUT2D eigenvalue weighted by Crippen LogP contribution is -2.09.